The fraction of sp³-hybridized carbons (Fsp3) is 0.875. The number of ketones is 1. The van der Waals surface area contributed by atoms with Gasteiger partial charge in [0.15, 0.2) is 0 Å². The van der Waals surface area contributed by atoms with Crippen molar-refractivity contribution in [2.24, 2.45) is 5.92 Å². The van der Waals surface area contributed by atoms with E-state index in [1.807, 2.05) is 13.8 Å². The summed E-state index contributed by atoms with van der Waals surface area (Å²) in [5, 5.41) is 17.3. The second-order valence-electron chi connectivity index (χ2n) is 3.00. The van der Waals surface area contributed by atoms with Crippen molar-refractivity contribution in [3.05, 3.63) is 0 Å². The lowest BCUT2D eigenvalue weighted by Gasteiger charge is -2.07. The zero-order valence-electron chi connectivity index (χ0n) is 7.08. The highest BCUT2D eigenvalue weighted by Crippen LogP contribution is 2.03. The van der Waals surface area contributed by atoms with Crippen LogP contribution in [0.4, 0.5) is 0 Å². The Morgan fingerprint density at radius 3 is 2.36 bits per heavy atom. The minimum Gasteiger partial charge on any atom is -0.394 e. The van der Waals surface area contributed by atoms with Crippen molar-refractivity contribution in [2.75, 3.05) is 6.61 Å². The molecule has 0 aliphatic rings. The SMILES string of the molecule is CC(C)C(=O)CC[C@H](O)CO. The van der Waals surface area contributed by atoms with Crippen molar-refractivity contribution in [3.8, 4) is 0 Å². The van der Waals surface area contributed by atoms with Gasteiger partial charge in [0.25, 0.3) is 0 Å². The van der Waals surface area contributed by atoms with Crippen LogP contribution in [0.5, 0.6) is 0 Å². The van der Waals surface area contributed by atoms with E-state index in [1.165, 1.54) is 0 Å². The third kappa shape index (κ3) is 4.93. The van der Waals surface area contributed by atoms with Gasteiger partial charge >= 0.3 is 0 Å². The Hall–Kier alpha value is -0.410. The van der Waals surface area contributed by atoms with Crippen LogP contribution in [0.2, 0.25) is 0 Å². The number of hydrogen-bond donors (Lipinski definition) is 2. The number of Topliss-reactive ketones (excluding diaryl/α,β-unsaturated/α-hetero) is 1. The first-order valence-electron chi connectivity index (χ1n) is 3.89. The Morgan fingerprint density at radius 2 is 2.00 bits per heavy atom. The summed E-state index contributed by atoms with van der Waals surface area (Å²) >= 11 is 0. The fourth-order valence-electron chi connectivity index (χ4n) is 0.689. The van der Waals surface area contributed by atoms with E-state index in [1.54, 1.807) is 0 Å². The molecule has 0 saturated heterocycles. The maximum absolute atomic E-state index is 11.0. The molecule has 0 amide bonds. The van der Waals surface area contributed by atoms with Crippen LogP contribution in [0.3, 0.4) is 0 Å². The Kier molecular flexibility index (Phi) is 5.07. The number of carbonyl (C=O) groups is 1. The average molecular weight is 160 g/mol. The molecule has 66 valence electrons. The van der Waals surface area contributed by atoms with Crippen LogP contribution < -0.4 is 0 Å². The van der Waals surface area contributed by atoms with Gasteiger partial charge in [-0.1, -0.05) is 13.8 Å². The largest absolute Gasteiger partial charge is 0.394 e. The molecule has 3 heteroatoms. The second-order valence-corrected chi connectivity index (χ2v) is 3.00. The van der Waals surface area contributed by atoms with Crippen LogP contribution in [0.1, 0.15) is 26.7 Å². The topological polar surface area (TPSA) is 57.5 Å². The first-order valence-corrected chi connectivity index (χ1v) is 3.89. The molecule has 0 saturated carbocycles. The maximum Gasteiger partial charge on any atom is 0.135 e. The molecule has 0 heterocycles. The van der Waals surface area contributed by atoms with Gasteiger partial charge in [-0.2, -0.15) is 0 Å². The first-order chi connectivity index (χ1) is 5.07. The molecule has 1 atom stereocenters. The standard InChI is InChI=1S/C8H16O3/c1-6(2)8(11)4-3-7(10)5-9/h6-7,9-10H,3-5H2,1-2H3/t7-/m0/s1. The number of hydrogen-bond acceptors (Lipinski definition) is 3. The highest BCUT2D eigenvalue weighted by atomic mass is 16.3. The number of aliphatic hydroxyl groups excluding tert-OH is 2. The molecular formula is C8H16O3. The van der Waals surface area contributed by atoms with Gasteiger partial charge in [-0.3, -0.25) is 4.79 Å². The Bertz CT molecular complexity index is 121. The molecule has 0 radical (unpaired) electrons. The molecule has 0 aliphatic carbocycles. The first kappa shape index (κ1) is 10.6. The van der Waals surface area contributed by atoms with Gasteiger partial charge in [0.2, 0.25) is 0 Å². The quantitative estimate of drug-likeness (QED) is 0.610. The predicted molar refractivity (Wildman–Crippen MR) is 42.2 cm³/mol. The zero-order chi connectivity index (χ0) is 8.85. The van der Waals surface area contributed by atoms with Crippen LogP contribution in [0, 0.1) is 5.92 Å². The molecule has 0 aromatic rings. The van der Waals surface area contributed by atoms with E-state index < -0.39 is 6.10 Å². The summed E-state index contributed by atoms with van der Waals surface area (Å²) in [4.78, 5) is 11.0. The van der Waals surface area contributed by atoms with Crippen molar-refractivity contribution < 1.29 is 15.0 Å². The average Bonchev–Trinajstić information content (AvgIpc) is 1.99. The molecule has 0 aliphatic heterocycles. The molecule has 11 heavy (non-hydrogen) atoms. The van der Waals surface area contributed by atoms with Crippen LogP contribution in [0.25, 0.3) is 0 Å². The van der Waals surface area contributed by atoms with Crippen LogP contribution >= 0.6 is 0 Å². The lowest BCUT2D eigenvalue weighted by atomic mass is 10.0. The highest BCUT2D eigenvalue weighted by molar-refractivity contribution is 5.80. The molecule has 0 unspecified atom stereocenters. The Balaban J connectivity index is 3.46. The van der Waals surface area contributed by atoms with E-state index in [4.69, 9.17) is 10.2 Å². The van der Waals surface area contributed by atoms with Gasteiger partial charge in [-0.05, 0) is 6.42 Å². The summed E-state index contributed by atoms with van der Waals surface area (Å²) in [6.45, 7) is 3.40. The summed E-state index contributed by atoms with van der Waals surface area (Å²) in [7, 11) is 0. The van der Waals surface area contributed by atoms with E-state index in [0.29, 0.717) is 12.8 Å². The van der Waals surface area contributed by atoms with Crippen molar-refractivity contribution in [1.82, 2.24) is 0 Å². The highest BCUT2D eigenvalue weighted by Gasteiger charge is 2.09. The molecule has 2 N–H and O–H groups in total. The van der Waals surface area contributed by atoms with Crippen molar-refractivity contribution in [3.63, 3.8) is 0 Å². The number of carbonyl (C=O) groups excluding carboxylic acids is 1. The van der Waals surface area contributed by atoms with E-state index in [-0.39, 0.29) is 18.3 Å². The minimum atomic E-state index is -0.738. The lowest BCUT2D eigenvalue weighted by Crippen LogP contribution is -2.15. The Morgan fingerprint density at radius 1 is 1.45 bits per heavy atom. The molecule has 0 spiro atoms. The third-order valence-corrected chi connectivity index (χ3v) is 1.58. The zero-order valence-corrected chi connectivity index (χ0v) is 7.08. The smallest absolute Gasteiger partial charge is 0.135 e. The van der Waals surface area contributed by atoms with Crippen LogP contribution in [-0.2, 0) is 4.79 Å². The lowest BCUT2D eigenvalue weighted by molar-refractivity contribution is -0.122. The second kappa shape index (κ2) is 5.27. The maximum atomic E-state index is 11.0. The minimum absolute atomic E-state index is 0.0286. The van der Waals surface area contributed by atoms with E-state index in [2.05, 4.69) is 0 Å². The molecule has 3 nitrogen and oxygen atoms in total. The third-order valence-electron chi connectivity index (χ3n) is 1.58. The molecular weight excluding hydrogens is 144 g/mol. The summed E-state index contributed by atoms with van der Waals surface area (Å²) in [5.41, 5.74) is 0. The van der Waals surface area contributed by atoms with Crippen LogP contribution in [0.15, 0.2) is 0 Å². The summed E-state index contributed by atoms with van der Waals surface area (Å²) in [5.74, 6) is 0.165. The van der Waals surface area contributed by atoms with Crippen molar-refractivity contribution >= 4 is 5.78 Å². The summed E-state index contributed by atoms with van der Waals surface area (Å²) in [6, 6.07) is 0. The Labute approximate surface area is 67.0 Å². The van der Waals surface area contributed by atoms with Gasteiger partial charge in [-0.15, -0.1) is 0 Å². The van der Waals surface area contributed by atoms with Gasteiger partial charge in [0, 0.05) is 12.3 Å². The van der Waals surface area contributed by atoms with E-state index in [9.17, 15) is 4.79 Å². The molecule has 0 fully saturated rings. The van der Waals surface area contributed by atoms with Crippen molar-refractivity contribution in [1.29, 1.82) is 0 Å². The van der Waals surface area contributed by atoms with Crippen molar-refractivity contribution in [2.45, 2.75) is 32.8 Å². The number of rotatable bonds is 5. The molecule has 0 bridgehead atoms. The molecule has 0 aromatic heterocycles. The summed E-state index contributed by atoms with van der Waals surface area (Å²) < 4.78 is 0. The molecule has 0 rings (SSSR count). The van der Waals surface area contributed by atoms with Gasteiger partial charge in [-0.25, -0.2) is 0 Å². The fourth-order valence-corrected chi connectivity index (χ4v) is 0.689. The molecule has 0 aromatic carbocycles. The van der Waals surface area contributed by atoms with E-state index >= 15 is 0 Å². The monoisotopic (exact) mass is 160 g/mol. The number of aliphatic hydroxyl groups is 2. The van der Waals surface area contributed by atoms with Crippen LogP contribution in [-0.4, -0.2) is 28.7 Å². The van der Waals surface area contributed by atoms with Gasteiger partial charge in [0.05, 0.1) is 12.7 Å². The van der Waals surface area contributed by atoms with E-state index in [0.717, 1.165) is 0 Å². The normalized spacial score (nSPS) is 13.5. The van der Waals surface area contributed by atoms with Gasteiger partial charge < -0.3 is 10.2 Å². The summed E-state index contributed by atoms with van der Waals surface area (Å²) in [6.07, 6.45) is -0.00917. The predicted octanol–water partition coefficient (Wildman–Crippen LogP) is 0.345. The van der Waals surface area contributed by atoms with Gasteiger partial charge in [0.1, 0.15) is 5.78 Å².